The van der Waals surface area contributed by atoms with Crippen molar-refractivity contribution in [3.05, 3.63) is 71.0 Å². The number of fused-ring (bicyclic) bond motifs is 2. The second kappa shape index (κ2) is 8.50. The molecule has 0 N–H and O–H groups in total. The summed E-state index contributed by atoms with van der Waals surface area (Å²) in [5.74, 6) is -1.22. The van der Waals surface area contributed by atoms with Crippen LogP contribution in [0.2, 0.25) is 0 Å². The fourth-order valence-electron chi connectivity index (χ4n) is 5.11. The van der Waals surface area contributed by atoms with Gasteiger partial charge in [-0.15, -0.1) is 0 Å². The third-order valence-electron chi connectivity index (χ3n) is 6.53. The van der Waals surface area contributed by atoms with Crippen LogP contribution in [-0.4, -0.2) is 22.8 Å². The van der Waals surface area contributed by atoms with Crippen molar-refractivity contribution in [3.8, 4) is 0 Å². The maximum absolute atomic E-state index is 13.6. The Kier molecular flexibility index (Phi) is 5.96. The van der Waals surface area contributed by atoms with Crippen molar-refractivity contribution >= 4 is 5.78 Å². The molecule has 2 bridgehead atoms. The molecule has 6 heteroatoms. The Bertz CT molecular complexity index is 882. The minimum Gasteiger partial charge on any atom is -0.299 e. The lowest BCUT2D eigenvalue weighted by Crippen LogP contribution is -2.52. The topological polar surface area (TPSA) is 20.3 Å². The van der Waals surface area contributed by atoms with Gasteiger partial charge in [0.2, 0.25) is 0 Å². The van der Waals surface area contributed by atoms with Gasteiger partial charge < -0.3 is 0 Å². The fourth-order valence-corrected chi connectivity index (χ4v) is 5.11. The van der Waals surface area contributed by atoms with Gasteiger partial charge in [-0.05, 0) is 55.0 Å². The standard InChI is InChI=1S/C24H25F4NO/c25-19-9-10-22(24(26,27)28)17(11-19)14-23(30)18-12-20-7-4-8-21(13-18)29(20)15-16-5-2-1-3-6-16/h1-3,5-6,9-11,18,20-21H,4,7-8,12-15H2. The molecule has 0 saturated carbocycles. The van der Waals surface area contributed by atoms with Crippen LogP contribution in [0.4, 0.5) is 17.6 Å². The number of carbonyl (C=O) groups excluding carboxylic acids is 1. The molecule has 0 aromatic heterocycles. The first-order valence-electron chi connectivity index (χ1n) is 10.5. The lowest BCUT2D eigenvalue weighted by molar-refractivity contribution is -0.138. The number of alkyl halides is 3. The Labute approximate surface area is 173 Å². The molecule has 0 spiro atoms. The summed E-state index contributed by atoms with van der Waals surface area (Å²) in [6.45, 7) is 0.833. The van der Waals surface area contributed by atoms with Crippen molar-refractivity contribution < 1.29 is 22.4 Å². The quantitative estimate of drug-likeness (QED) is 0.572. The van der Waals surface area contributed by atoms with Crippen molar-refractivity contribution in [2.24, 2.45) is 5.92 Å². The summed E-state index contributed by atoms with van der Waals surface area (Å²) < 4.78 is 53.4. The van der Waals surface area contributed by atoms with Crippen LogP contribution >= 0.6 is 0 Å². The third-order valence-corrected chi connectivity index (χ3v) is 6.53. The highest BCUT2D eigenvalue weighted by Gasteiger charge is 2.41. The molecule has 2 atom stereocenters. The Hall–Kier alpha value is -2.21. The molecule has 2 aromatic carbocycles. The maximum Gasteiger partial charge on any atom is 0.416 e. The number of Topliss-reactive ketones (excluding diaryl/α,β-unsaturated/α-hetero) is 1. The summed E-state index contributed by atoms with van der Waals surface area (Å²) in [4.78, 5) is 15.4. The summed E-state index contributed by atoms with van der Waals surface area (Å²) in [6.07, 6.45) is -0.517. The van der Waals surface area contributed by atoms with Gasteiger partial charge in [0.05, 0.1) is 5.56 Å². The first-order valence-corrected chi connectivity index (χ1v) is 10.5. The van der Waals surface area contributed by atoms with Crippen molar-refractivity contribution in [3.63, 3.8) is 0 Å². The van der Waals surface area contributed by atoms with Crippen molar-refractivity contribution in [1.82, 2.24) is 4.90 Å². The number of carbonyl (C=O) groups is 1. The van der Waals surface area contributed by atoms with E-state index in [-0.39, 0.29) is 35.8 Å². The van der Waals surface area contributed by atoms with E-state index >= 15 is 0 Å². The molecule has 0 radical (unpaired) electrons. The molecule has 0 amide bonds. The minimum absolute atomic E-state index is 0.206. The van der Waals surface area contributed by atoms with E-state index in [2.05, 4.69) is 17.0 Å². The highest BCUT2D eigenvalue weighted by atomic mass is 19.4. The van der Waals surface area contributed by atoms with Gasteiger partial charge in [0, 0.05) is 31.0 Å². The van der Waals surface area contributed by atoms with E-state index in [1.165, 1.54) is 5.56 Å². The van der Waals surface area contributed by atoms with Crippen LogP contribution in [0.1, 0.15) is 48.8 Å². The number of rotatable bonds is 5. The molecule has 2 unspecified atom stereocenters. The number of nitrogens with zero attached hydrogens (tertiary/aromatic N) is 1. The second-order valence-electron chi connectivity index (χ2n) is 8.51. The van der Waals surface area contributed by atoms with E-state index < -0.39 is 17.6 Å². The summed E-state index contributed by atoms with van der Waals surface area (Å²) in [7, 11) is 0. The molecule has 0 aliphatic carbocycles. The molecule has 2 heterocycles. The average Bonchev–Trinajstić information content (AvgIpc) is 2.67. The van der Waals surface area contributed by atoms with Crippen LogP contribution in [0.25, 0.3) is 0 Å². The number of ketones is 1. The highest BCUT2D eigenvalue weighted by Crippen LogP contribution is 2.39. The summed E-state index contributed by atoms with van der Waals surface area (Å²) >= 11 is 0. The van der Waals surface area contributed by atoms with Crippen LogP contribution in [0.3, 0.4) is 0 Å². The van der Waals surface area contributed by atoms with Gasteiger partial charge in [-0.3, -0.25) is 9.69 Å². The zero-order chi connectivity index (χ0) is 21.3. The predicted octanol–water partition coefficient (Wildman–Crippen LogP) is 5.79. The smallest absolute Gasteiger partial charge is 0.299 e. The Morgan fingerprint density at radius 2 is 1.67 bits per heavy atom. The largest absolute Gasteiger partial charge is 0.416 e. The van der Waals surface area contributed by atoms with Crippen LogP contribution in [0.5, 0.6) is 0 Å². The molecular formula is C24H25F4NO. The molecular weight excluding hydrogens is 394 g/mol. The SMILES string of the molecule is O=C(Cc1cc(F)ccc1C(F)(F)F)C1CC2CCCC(C1)N2Cc1ccccc1. The van der Waals surface area contributed by atoms with Crippen molar-refractivity contribution in [2.45, 2.75) is 63.3 Å². The van der Waals surface area contributed by atoms with Gasteiger partial charge in [0.1, 0.15) is 11.6 Å². The lowest BCUT2D eigenvalue weighted by Gasteiger charge is -2.48. The van der Waals surface area contributed by atoms with E-state index in [0.717, 1.165) is 44.0 Å². The molecule has 30 heavy (non-hydrogen) atoms. The molecule has 2 aliphatic rings. The molecule has 2 saturated heterocycles. The number of halogens is 4. The number of benzene rings is 2. The summed E-state index contributed by atoms with van der Waals surface area (Å²) in [5, 5.41) is 0. The van der Waals surface area contributed by atoms with E-state index in [1.54, 1.807) is 0 Å². The average molecular weight is 419 g/mol. The van der Waals surface area contributed by atoms with E-state index in [9.17, 15) is 22.4 Å². The number of piperidine rings is 2. The Morgan fingerprint density at radius 3 is 2.30 bits per heavy atom. The van der Waals surface area contributed by atoms with Crippen LogP contribution in [0.15, 0.2) is 48.5 Å². The van der Waals surface area contributed by atoms with E-state index in [4.69, 9.17) is 0 Å². The Morgan fingerprint density at radius 1 is 1.00 bits per heavy atom. The highest BCUT2D eigenvalue weighted by molar-refractivity contribution is 5.84. The van der Waals surface area contributed by atoms with Crippen LogP contribution in [-0.2, 0) is 23.9 Å². The first-order chi connectivity index (χ1) is 14.3. The molecule has 4 rings (SSSR count). The van der Waals surface area contributed by atoms with E-state index in [0.29, 0.717) is 12.8 Å². The third kappa shape index (κ3) is 4.59. The maximum atomic E-state index is 13.6. The Balaban J connectivity index is 1.48. The number of hydrogen-bond donors (Lipinski definition) is 0. The van der Waals surface area contributed by atoms with Crippen molar-refractivity contribution in [2.75, 3.05) is 0 Å². The van der Waals surface area contributed by atoms with Gasteiger partial charge in [0.15, 0.2) is 0 Å². The first kappa shape index (κ1) is 21.0. The van der Waals surface area contributed by atoms with E-state index in [1.807, 2.05) is 18.2 Å². The predicted molar refractivity (Wildman–Crippen MR) is 106 cm³/mol. The zero-order valence-corrected chi connectivity index (χ0v) is 16.7. The number of hydrogen-bond acceptors (Lipinski definition) is 2. The van der Waals surface area contributed by atoms with Crippen LogP contribution in [0, 0.1) is 11.7 Å². The van der Waals surface area contributed by atoms with Gasteiger partial charge in [-0.1, -0.05) is 36.8 Å². The van der Waals surface area contributed by atoms with Gasteiger partial charge in [-0.25, -0.2) is 4.39 Å². The van der Waals surface area contributed by atoms with Gasteiger partial charge >= 0.3 is 6.18 Å². The molecule has 2 aliphatic heterocycles. The van der Waals surface area contributed by atoms with Crippen LogP contribution < -0.4 is 0 Å². The summed E-state index contributed by atoms with van der Waals surface area (Å²) in [6, 6.07) is 13.1. The monoisotopic (exact) mass is 419 g/mol. The lowest BCUT2D eigenvalue weighted by atomic mass is 9.75. The molecule has 160 valence electrons. The van der Waals surface area contributed by atoms with Crippen molar-refractivity contribution in [1.29, 1.82) is 0 Å². The zero-order valence-electron chi connectivity index (χ0n) is 16.7. The normalized spacial score (nSPS) is 24.6. The van der Waals surface area contributed by atoms with Gasteiger partial charge in [-0.2, -0.15) is 13.2 Å². The van der Waals surface area contributed by atoms with Gasteiger partial charge in [0.25, 0.3) is 0 Å². The molecule has 2 aromatic rings. The summed E-state index contributed by atoms with van der Waals surface area (Å²) in [5.41, 5.74) is 0.0529. The second-order valence-corrected chi connectivity index (χ2v) is 8.51. The fraction of sp³-hybridized carbons (Fsp3) is 0.458. The molecule has 2 fully saturated rings. The molecule has 2 nitrogen and oxygen atoms in total. The minimum atomic E-state index is -4.60.